The van der Waals surface area contributed by atoms with E-state index in [2.05, 4.69) is 0 Å². The average molecular weight is 305 g/mol. The van der Waals surface area contributed by atoms with E-state index in [-0.39, 0.29) is 12.4 Å². The minimum absolute atomic E-state index is 0.167. The molecule has 0 spiro atoms. The number of benzene rings is 2. The van der Waals surface area contributed by atoms with Gasteiger partial charge in [-0.15, -0.1) is 0 Å². The van der Waals surface area contributed by atoms with E-state index >= 15 is 0 Å². The van der Waals surface area contributed by atoms with Crippen molar-refractivity contribution in [2.75, 3.05) is 7.11 Å². The van der Waals surface area contributed by atoms with Crippen LogP contribution in [0.3, 0.4) is 0 Å². The first-order valence-corrected chi connectivity index (χ1v) is 6.77. The fourth-order valence-electron chi connectivity index (χ4n) is 1.92. The predicted molar refractivity (Wildman–Crippen MR) is 84.4 cm³/mol. The standard InChI is InChI=1S/C16H16FNO2S/c1-10-3-5-13(17)15(7-10)20-9-12-8-11(16(18)21)4-6-14(12)19-2/h3-8H,9H2,1-2H3,(H2,18,21). The van der Waals surface area contributed by atoms with Crippen LogP contribution in [-0.2, 0) is 6.61 Å². The highest BCUT2D eigenvalue weighted by molar-refractivity contribution is 7.80. The molecule has 110 valence electrons. The summed E-state index contributed by atoms with van der Waals surface area (Å²) in [5, 5.41) is 0. The van der Waals surface area contributed by atoms with Gasteiger partial charge in [-0.25, -0.2) is 4.39 Å². The van der Waals surface area contributed by atoms with Crippen LogP contribution in [0.25, 0.3) is 0 Å². The van der Waals surface area contributed by atoms with Crippen molar-refractivity contribution in [2.24, 2.45) is 5.73 Å². The predicted octanol–water partition coefficient (Wildman–Crippen LogP) is 3.36. The molecule has 0 atom stereocenters. The number of rotatable bonds is 5. The van der Waals surface area contributed by atoms with Crippen molar-refractivity contribution in [1.29, 1.82) is 0 Å². The molecule has 0 saturated heterocycles. The van der Waals surface area contributed by atoms with Crippen LogP contribution in [-0.4, -0.2) is 12.1 Å². The summed E-state index contributed by atoms with van der Waals surface area (Å²) in [6.07, 6.45) is 0. The molecular formula is C16H16FNO2S. The van der Waals surface area contributed by atoms with E-state index in [0.717, 1.165) is 11.1 Å². The normalized spacial score (nSPS) is 10.2. The van der Waals surface area contributed by atoms with Crippen LogP contribution in [0.5, 0.6) is 11.5 Å². The molecule has 2 aromatic carbocycles. The summed E-state index contributed by atoms with van der Waals surface area (Å²) >= 11 is 4.95. The number of methoxy groups -OCH3 is 1. The van der Waals surface area contributed by atoms with Crippen molar-refractivity contribution in [3.05, 3.63) is 58.9 Å². The second-order valence-electron chi connectivity index (χ2n) is 4.61. The van der Waals surface area contributed by atoms with Gasteiger partial charge in [0.1, 0.15) is 17.3 Å². The molecule has 3 nitrogen and oxygen atoms in total. The Balaban J connectivity index is 2.24. The first-order chi connectivity index (χ1) is 10.0. The molecule has 0 heterocycles. The first kappa shape index (κ1) is 15.3. The van der Waals surface area contributed by atoms with Crippen LogP contribution in [0, 0.1) is 12.7 Å². The summed E-state index contributed by atoms with van der Waals surface area (Å²) in [5.41, 5.74) is 8.01. The Bertz CT molecular complexity index is 673. The molecule has 0 fully saturated rings. The Morgan fingerprint density at radius 1 is 1.19 bits per heavy atom. The van der Waals surface area contributed by atoms with Crippen LogP contribution < -0.4 is 15.2 Å². The molecule has 0 bridgehead atoms. The summed E-state index contributed by atoms with van der Waals surface area (Å²) < 4.78 is 24.5. The SMILES string of the molecule is COc1ccc(C(N)=S)cc1COc1cc(C)ccc1F. The lowest BCUT2D eigenvalue weighted by Crippen LogP contribution is -2.10. The van der Waals surface area contributed by atoms with Crippen molar-refractivity contribution >= 4 is 17.2 Å². The highest BCUT2D eigenvalue weighted by Gasteiger charge is 2.09. The number of ether oxygens (including phenoxy) is 2. The zero-order valence-electron chi connectivity index (χ0n) is 11.9. The van der Waals surface area contributed by atoms with Gasteiger partial charge in [0.15, 0.2) is 11.6 Å². The van der Waals surface area contributed by atoms with Gasteiger partial charge in [-0.1, -0.05) is 18.3 Å². The van der Waals surface area contributed by atoms with Crippen molar-refractivity contribution in [3.8, 4) is 11.5 Å². The summed E-state index contributed by atoms with van der Waals surface area (Å²) in [7, 11) is 1.56. The van der Waals surface area contributed by atoms with Crippen molar-refractivity contribution in [1.82, 2.24) is 0 Å². The van der Waals surface area contributed by atoms with Gasteiger partial charge in [0.05, 0.1) is 7.11 Å². The molecule has 0 saturated carbocycles. The third-order valence-corrected chi connectivity index (χ3v) is 3.27. The van der Waals surface area contributed by atoms with E-state index < -0.39 is 5.82 Å². The molecular weight excluding hydrogens is 289 g/mol. The topological polar surface area (TPSA) is 44.5 Å². The molecule has 2 N–H and O–H groups in total. The van der Waals surface area contributed by atoms with Gasteiger partial charge < -0.3 is 15.2 Å². The minimum atomic E-state index is -0.398. The number of aryl methyl sites for hydroxylation is 1. The van der Waals surface area contributed by atoms with Crippen molar-refractivity contribution in [3.63, 3.8) is 0 Å². The Kier molecular flexibility index (Phi) is 4.75. The van der Waals surface area contributed by atoms with Gasteiger partial charge in [-0.05, 0) is 42.8 Å². The summed E-state index contributed by atoms with van der Waals surface area (Å²) in [6, 6.07) is 10.1. The molecule has 0 aromatic heterocycles. The van der Waals surface area contributed by atoms with E-state index in [1.807, 2.05) is 6.92 Å². The Hall–Kier alpha value is -2.14. The zero-order chi connectivity index (χ0) is 15.4. The van der Waals surface area contributed by atoms with E-state index in [1.165, 1.54) is 6.07 Å². The van der Waals surface area contributed by atoms with Crippen LogP contribution in [0.4, 0.5) is 4.39 Å². The lowest BCUT2D eigenvalue weighted by atomic mass is 10.1. The molecule has 2 rings (SSSR count). The van der Waals surface area contributed by atoms with Gasteiger partial charge in [0.25, 0.3) is 0 Å². The third-order valence-electron chi connectivity index (χ3n) is 3.03. The second-order valence-corrected chi connectivity index (χ2v) is 5.05. The van der Waals surface area contributed by atoms with E-state index in [4.69, 9.17) is 27.4 Å². The molecule has 2 aromatic rings. The number of hydrogen-bond donors (Lipinski definition) is 1. The lowest BCUT2D eigenvalue weighted by molar-refractivity contribution is 0.282. The highest BCUT2D eigenvalue weighted by atomic mass is 32.1. The smallest absolute Gasteiger partial charge is 0.165 e. The fraction of sp³-hybridized carbons (Fsp3) is 0.188. The van der Waals surface area contributed by atoms with Gasteiger partial charge in [0.2, 0.25) is 0 Å². The lowest BCUT2D eigenvalue weighted by Gasteiger charge is -2.12. The number of hydrogen-bond acceptors (Lipinski definition) is 3. The van der Waals surface area contributed by atoms with Gasteiger partial charge in [-0.2, -0.15) is 0 Å². The Morgan fingerprint density at radius 3 is 2.62 bits per heavy atom. The molecule has 0 amide bonds. The van der Waals surface area contributed by atoms with E-state index in [9.17, 15) is 4.39 Å². The van der Waals surface area contributed by atoms with Crippen LogP contribution in [0.1, 0.15) is 16.7 Å². The highest BCUT2D eigenvalue weighted by Crippen LogP contribution is 2.24. The number of thiocarbonyl (C=S) groups is 1. The van der Waals surface area contributed by atoms with Crippen LogP contribution >= 0.6 is 12.2 Å². The molecule has 0 radical (unpaired) electrons. The zero-order valence-corrected chi connectivity index (χ0v) is 12.7. The third kappa shape index (κ3) is 3.70. The van der Waals surface area contributed by atoms with Crippen molar-refractivity contribution < 1.29 is 13.9 Å². The fourth-order valence-corrected chi connectivity index (χ4v) is 2.05. The van der Waals surface area contributed by atoms with E-state index in [0.29, 0.717) is 16.3 Å². The molecule has 0 aliphatic rings. The number of halogens is 1. The Labute approximate surface area is 128 Å². The molecule has 21 heavy (non-hydrogen) atoms. The van der Waals surface area contributed by atoms with Crippen LogP contribution in [0.2, 0.25) is 0 Å². The molecule has 0 aliphatic carbocycles. The number of nitrogens with two attached hydrogens (primary N) is 1. The Morgan fingerprint density at radius 2 is 1.95 bits per heavy atom. The van der Waals surface area contributed by atoms with Gasteiger partial charge >= 0.3 is 0 Å². The second kappa shape index (κ2) is 6.54. The maximum Gasteiger partial charge on any atom is 0.165 e. The maximum absolute atomic E-state index is 13.7. The summed E-state index contributed by atoms with van der Waals surface area (Å²) in [6.45, 7) is 2.04. The first-order valence-electron chi connectivity index (χ1n) is 6.37. The molecule has 0 unspecified atom stereocenters. The molecule has 5 heteroatoms. The molecule has 0 aliphatic heterocycles. The van der Waals surface area contributed by atoms with Crippen molar-refractivity contribution in [2.45, 2.75) is 13.5 Å². The summed E-state index contributed by atoms with van der Waals surface area (Å²) in [5.74, 6) is 0.450. The quantitative estimate of drug-likeness (QED) is 0.860. The largest absolute Gasteiger partial charge is 0.496 e. The summed E-state index contributed by atoms with van der Waals surface area (Å²) in [4.78, 5) is 0.292. The average Bonchev–Trinajstić information content (AvgIpc) is 2.47. The monoisotopic (exact) mass is 305 g/mol. The maximum atomic E-state index is 13.7. The van der Waals surface area contributed by atoms with E-state index in [1.54, 1.807) is 37.4 Å². The van der Waals surface area contributed by atoms with Gasteiger partial charge in [-0.3, -0.25) is 0 Å². The van der Waals surface area contributed by atoms with Gasteiger partial charge in [0, 0.05) is 11.1 Å². The minimum Gasteiger partial charge on any atom is -0.496 e. The van der Waals surface area contributed by atoms with Crippen LogP contribution in [0.15, 0.2) is 36.4 Å².